The summed E-state index contributed by atoms with van der Waals surface area (Å²) < 4.78 is 1.59. The van der Waals surface area contributed by atoms with Crippen LogP contribution in [0, 0.1) is 0 Å². The summed E-state index contributed by atoms with van der Waals surface area (Å²) in [5.74, 6) is -0.0230. The average Bonchev–Trinajstić information content (AvgIpc) is 2.96. The number of nitrogens with zero attached hydrogens (tertiary/aromatic N) is 2. The van der Waals surface area contributed by atoms with Crippen LogP contribution in [0.25, 0.3) is 0 Å². The third kappa shape index (κ3) is 3.98. The number of carbonyl (C=O) groups is 1. The van der Waals surface area contributed by atoms with Crippen LogP contribution >= 0.6 is 11.8 Å². The van der Waals surface area contributed by atoms with E-state index >= 15 is 0 Å². The lowest BCUT2D eigenvalue weighted by atomic mass is 9.88. The van der Waals surface area contributed by atoms with Crippen LogP contribution in [0.1, 0.15) is 50.3 Å². The predicted molar refractivity (Wildman–Crippen MR) is 98.7 cm³/mol. The van der Waals surface area contributed by atoms with Crippen molar-refractivity contribution in [3.63, 3.8) is 0 Å². The number of thioether (sulfide) groups is 1. The number of carbonyl (C=O) groups excluding carboxylic acids is 1. The van der Waals surface area contributed by atoms with E-state index in [1.54, 1.807) is 4.57 Å². The number of aromatic nitrogens is 3. The molecule has 1 aromatic heterocycles. The molecule has 0 radical (unpaired) electrons. The molecule has 2 atom stereocenters. The number of aryl methyl sites for hydroxylation is 1. The van der Waals surface area contributed by atoms with Gasteiger partial charge in [0.1, 0.15) is 0 Å². The fraction of sp³-hybridized carbons (Fsp3) is 0.500. The van der Waals surface area contributed by atoms with Gasteiger partial charge in [-0.2, -0.15) is 0 Å². The van der Waals surface area contributed by atoms with Crippen molar-refractivity contribution in [1.29, 1.82) is 0 Å². The third-order valence-electron chi connectivity index (χ3n) is 4.51. The van der Waals surface area contributed by atoms with Gasteiger partial charge < -0.3 is 5.32 Å². The van der Waals surface area contributed by atoms with Gasteiger partial charge in [0.15, 0.2) is 5.16 Å². The zero-order valence-corrected chi connectivity index (χ0v) is 15.4. The van der Waals surface area contributed by atoms with Crippen LogP contribution in [0.2, 0.25) is 0 Å². The maximum atomic E-state index is 12.6. The molecule has 1 amide bonds. The van der Waals surface area contributed by atoms with Crippen molar-refractivity contribution in [2.75, 3.05) is 0 Å². The Morgan fingerprint density at radius 2 is 2.28 bits per heavy atom. The Balaban J connectivity index is 1.67. The molecule has 7 heteroatoms. The predicted octanol–water partition coefficient (Wildman–Crippen LogP) is 2.66. The lowest BCUT2D eigenvalue weighted by Crippen LogP contribution is -2.36. The Kier molecular flexibility index (Phi) is 5.63. The number of rotatable bonds is 6. The maximum Gasteiger partial charge on any atom is 0.343 e. The van der Waals surface area contributed by atoms with Crippen LogP contribution in [0.15, 0.2) is 34.2 Å². The smallest absolute Gasteiger partial charge is 0.343 e. The van der Waals surface area contributed by atoms with Crippen LogP contribution in [-0.4, -0.2) is 25.9 Å². The summed E-state index contributed by atoms with van der Waals surface area (Å²) in [6.07, 6.45) is 3.96. The Morgan fingerprint density at radius 3 is 3.08 bits per heavy atom. The average molecular weight is 360 g/mol. The van der Waals surface area contributed by atoms with E-state index in [4.69, 9.17) is 0 Å². The van der Waals surface area contributed by atoms with E-state index in [0.717, 1.165) is 25.7 Å². The minimum Gasteiger partial charge on any atom is -0.348 e. The summed E-state index contributed by atoms with van der Waals surface area (Å²) in [6, 6.07) is 8.38. The Morgan fingerprint density at radius 1 is 1.48 bits per heavy atom. The van der Waals surface area contributed by atoms with Gasteiger partial charge in [-0.05, 0) is 43.7 Å². The number of amides is 1. The van der Waals surface area contributed by atoms with Crippen LogP contribution in [0.5, 0.6) is 0 Å². The number of nitrogens with one attached hydrogen (secondary N) is 2. The largest absolute Gasteiger partial charge is 0.348 e. The SMILES string of the molecule is CCCn1c(S[C@@H](C)C(=O)N[C@H]2CCCc3ccccc32)n[nH]c1=O. The molecular formula is C18H24N4O2S. The van der Waals surface area contributed by atoms with E-state index in [1.165, 1.54) is 22.9 Å². The summed E-state index contributed by atoms with van der Waals surface area (Å²) in [5, 5.41) is 9.93. The number of hydrogen-bond donors (Lipinski definition) is 2. The summed E-state index contributed by atoms with van der Waals surface area (Å²) in [7, 11) is 0. The highest BCUT2D eigenvalue weighted by atomic mass is 32.2. The molecule has 6 nitrogen and oxygen atoms in total. The van der Waals surface area contributed by atoms with E-state index in [2.05, 4.69) is 27.6 Å². The quantitative estimate of drug-likeness (QED) is 0.776. The number of fused-ring (bicyclic) bond motifs is 1. The fourth-order valence-corrected chi connectivity index (χ4v) is 4.11. The summed E-state index contributed by atoms with van der Waals surface area (Å²) in [6.45, 7) is 4.46. The first-order valence-corrected chi connectivity index (χ1v) is 9.68. The molecule has 0 aliphatic heterocycles. The molecule has 0 bridgehead atoms. The first-order valence-electron chi connectivity index (χ1n) is 8.80. The Hall–Kier alpha value is -2.02. The van der Waals surface area contributed by atoms with Gasteiger partial charge in [-0.15, -0.1) is 5.10 Å². The molecule has 2 N–H and O–H groups in total. The van der Waals surface area contributed by atoms with Gasteiger partial charge in [0.25, 0.3) is 0 Å². The van der Waals surface area contributed by atoms with Crippen molar-refractivity contribution in [2.45, 2.75) is 62.5 Å². The minimum atomic E-state index is -0.320. The Labute approximate surface area is 151 Å². The minimum absolute atomic E-state index is 0.0230. The van der Waals surface area contributed by atoms with Gasteiger partial charge in [0.2, 0.25) is 5.91 Å². The van der Waals surface area contributed by atoms with Crippen LogP contribution in [0.4, 0.5) is 0 Å². The lowest BCUT2D eigenvalue weighted by molar-refractivity contribution is -0.121. The second-order valence-corrected chi connectivity index (χ2v) is 7.68. The molecule has 1 aliphatic carbocycles. The molecule has 0 spiro atoms. The fourth-order valence-electron chi connectivity index (χ4n) is 3.22. The molecule has 0 fully saturated rings. The van der Waals surface area contributed by atoms with Crippen molar-refractivity contribution in [1.82, 2.24) is 20.1 Å². The van der Waals surface area contributed by atoms with Crippen LogP contribution in [0.3, 0.4) is 0 Å². The molecule has 0 unspecified atom stereocenters. The molecule has 25 heavy (non-hydrogen) atoms. The van der Waals surface area contributed by atoms with Crippen molar-refractivity contribution in [3.05, 3.63) is 45.9 Å². The second-order valence-electron chi connectivity index (χ2n) is 6.38. The van der Waals surface area contributed by atoms with E-state index in [-0.39, 0.29) is 22.9 Å². The zero-order chi connectivity index (χ0) is 17.8. The van der Waals surface area contributed by atoms with Crippen LogP contribution < -0.4 is 11.0 Å². The monoisotopic (exact) mass is 360 g/mol. The molecule has 134 valence electrons. The van der Waals surface area contributed by atoms with E-state index in [9.17, 15) is 9.59 Å². The highest BCUT2D eigenvalue weighted by Gasteiger charge is 2.25. The normalized spacial score (nSPS) is 17.8. The summed E-state index contributed by atoms with van der Waals surface area (Å²) >= 11 is 1.32. The Bertz CT molecular complexity index is 798. The number of hydrogen-bond acceptors (Lipinski definition) is 4. The molecule has 1 heterocycles. The highest BCUT2D eigenvalue weighted by molar-refractivity contribution is 8.00. The highest BCUT2D eigenvalue weighted by Crippen LogP contribution is 2.30. The molecule has 2 aromatic rings. The third-order valence-corrected chi connectivity index (χ3v) is 5.60. The van der Waals surface area contributed by atoms with E-state index in [1.807, 2.05) is 26.0 Å². The van der Waals surface area contributed by atoms with Gasteiger partial charge in [-0.25, -0.2) is 9.89 Å². The molecular weight excluding hydrogens is 336 g/mol. The van der Waals surface area contributed by atoms with Crippen molar-refractivity contribution >= 4 is 17.7 Å². The first kappa shape index (κ1) is 17.8. The standard InChI is InChI=1S/C18H24N4O2S/c1-3-11-22-17(24)20-21-18(22)25-12(2)16(23)19-15-10-6-8-13-7-4-5-9-14(13)15/h4-5,7,9,12,15H,3,6,8,10-11H2,1-2H3,(H,19,23)(H,20,24)/t12-,15-/m0/s1. The van der Waals surface area contributed by atoms with Crippen LogP contribution in [-0.2, 0) is 17.8 Å². The first-order chi connectivity index (χ1) is 12.1. The van der Waals surface area contributed by atoms with Gasteiger partial charge in [-0.3, -0.25) is 9.36 Å². The molecule has 1 aliphatic rings. The van der Waals surface area contributed by atoms with Gasteiger partial charge >= 0.3 is 5.69 Å². The van der Waals surface area contributed by atoms with E-state index < -0.39 is 0 Å². The van der Waals surface area contributed by atoms with Crippen molar-refractivity contribution in [2.24, 2.45) is 0 Å². The molecule has 0 saturated heterocycles. The van der Waals surface area contributed by atoms with Gasteiger partial charge in [0.05, 0.1) is 11.3 Å². The lowest BCUT2D eigenvalue weighted by Gasteiger charge is -2.27. The number of H-pyrrole nitrogens is 1. The number of benzene rings is 1. The molecule has 0 saturated carbocycles. The van der Waals surface area contributed by atoms with Gasteiger partial charge in [-0.1, -0.05) is 43.0 Å². The number of aromatic amines is 1. The van der Waals surface area contributed by atoms with Crippen molar-refractivity contribution < 1.29 is 4.79 Å². The molecule has 3 rings (SSSR count). The van der Waals surface area contributed by atoms with E-state index in [0.29, 0.717) is 11.7 Å². The van der Waals surface area contributed by atoms with Gasteiger partial charge in [0, 0.05) is 6.54 Å². The summed E-state index contributed by atoms with van der Waals surface area (Å²) in [5.41, 5.74) is 2.32. The molecule has 1 aromatic carbocycles. The maximum absolute atomic E-state index is 12.6. The zero-order valence-electron chi connectivity index (χ0n) is 14.6. The summed E-state index contributed by atoms with van der Waals surface area (Å²) in [4.78, 5) is 24.4. The second kappa shape index (κ2) is 7.91. The topological polar surface area (TPSA) is 79.8 Å². The van der Waals surface area contributed by atoms with Crippen molar-refractivity contribution in [3.8, 4) is 0 Å².